The van der Waals surface area contributed by atoms with Crippen molar-refractivity contribution in [2.45, 2.75) is 33.1 Å². The van der Waals surface area contributed by atoms with E-state index in [1.165, 1.54) is 11.3 Å². The first-order chi connectivity index (χ1) is 12.0. The van der Waals surface area contributed by atoms with Gasteiger partial charge < -0.3 is 10.6 Å². The van der Waals surface area contributed by atoms with E-state index in [1.54, 1.807) is 6.07 Å². The van der Waals surface area contributed by atoms with Gasteiger partial charge in [-0.2, -0.15) is 0 Å². The molecule has 2 rings (SSSR count). The molecule has 0 saturated heterocycles. The summed E-state index contributed by atoms with van der Waals surface area (Å²) in [6.45, 7) is 3.84. The number of aryl methyl sites for hydroxylation is 1. The van der Waals surface area contributed by atoms with Gasteiger partial charge in [-0.15, -0.1) is 11.3 Å². The van der Waals surface area contributed by atoms with Crippen LogP contribution < -0.4 is 10.6 Å². The molecule has 0 fully saturated rings. The molecule has 1 aromatic carbocycles. The molecule has 2 aromatic rings. The van der Waals surface area contributed by atoms with Crippen molar-refractivity contribution in [3.05, 3.63) is 51.7 Å². The number of nitrogens with one attached hydrogen (secondary N) is 2. The lowest BCUT2D eigenvalue weighted by molar-refractivity contribution is -0.124. The molecule has 0 saturated carbocycles. The lowest BCUT2D eigenvalue weighted by Crippen LogP contribution is -2.32. The molecule has 0 spiro atoms. The van der Waals surface area contributed by atoms with Crippen LogP contribution in [0, 0.1) is 13.8 Å². The van der Waals surface area contributed by atoms with Crippen molar-refractivity contribution < 1.29 is 14.4 Å². The molecule has 6 heteroatoms. The summed E-state index contributed by atoms with van der Waals surface area (Å²) in [5.74, 6) is -0.442. The lowest BCUT2D eigenvalue weighted by Gasteiger charge is -2.11. The number of thiophene rings is 1. The van der Waals surface area contributed by atoms with Crippen LogP contribution in [0.15, 0.2) is 35.7 Å². The molecule has 0 atom stereocenters. The molecule has 132 valence electrons. The number of amides is 2. The first-order valence-electron chi connectivity index (χ1n) is 8.17. The van der Waals surface area contributed by atoms with Crippen molar-refractivity contribution in [3.8, 4) is 0 Å². The Kier molecular flexibility index (Phi) is 6.89. The fraction of sp³-hybridized carbons (Fsp3) is 0.316. The Morgan fingerprint density at radius 2 is 1.80 bits per heavy atom. The minimum Gasteiger partial charge on any atom is -0.347 e. The van der Waals surface area contributed by atoms with E-state index in [9.17, 15) is 14.4 Å². The topological polar surface area (TPSA) is 75.3 Å². The smallest absolute Gasteiger partial charge is 0.243 e. The molecule has 0 bridgehead atoms. The van der Waals surface area contributed by atoms with Gasteiger partial charge in [0.15, 0.2) is 5.78 Å². The van der Waals surface area contributed by atoms with Gasteiger partial charge in [-0.3, -0.25) is 14.4 Å². The molecule has 2 N–H and O–H groups in total. The third-order valence-electron chi connectivity index (χ3n) is 3.93. The van der Waals surface area contributed by atoms with Gasteiger partial charge in [0, 0.05) is 18.5 Å². The van der Waals surface area contributed by atoms with Gasteiger partial charge in [-0.25, -0.2) is 0 Å². The van der Waals surface area contributed by atoms with E-state index in [1.807, 2.05) is 43.5 Å². The Labute approximate surface area is 151 Å². The van der Waals surface area contributed by atoms with Gasteiger partial charge in [-0.05, 0) is 48.9 Å². The molecule has 25 heavy (non-hydrogen) atoms. The quantitative estimate of drug-likeness (QED) is 0.710. The molecule has 1 aromatic heterocycles. The summed E-state index contributed by atoms with van der Waals surface area (Å²) in [7, 11) is 0. The molecule has 0 aliphatic rings. The highest BCUT2D eigenvalue weighted by molar-refractivity contribution is 7.12. The maximum atomic E-state index is 11.9. The number of Topliss-reactive ketones (excluding diaryl/α,β-unsaturated/α-hetero) is 1. The summed E-state index contributed by atoms with van der Waals surface area (Å²) in [5, 5.41) is 7.23. The zero-order valence-corrected chi connectivity index (χ0v) is 15.2. The normalized spacial score (nSPS) is 10.3. The van der Waals surface area contributed by atoms with Crippen molar-refractivity contribution in [1.29, 1.82) is 0 Å². The largest absolute Gasteiger partial charge is 0.347 e. The van der Waals surface area contributed by atoms with Crippen LogP contribution in [0.4, 0.5) is 5.69 Å². The molecule has 2 amide bonds. The minimum absolute atomic E-state index is 0.0514. The van der Waals surface area contributed by atoms with Crippen LogP contribution in [0.2, 0.25) is 0 Å². The molecular weight excluding hydrogens is 336 g/mol. The van der Waals surface area contributed by atoms with E-state index in [0.717, 1.165) is 16.8 Å². The molecule has 0 aliphatic heterocycles. The second-order valence-electron chi connectivity index (χ2n) is 5.83. The Balaban J connectivity index is 1.68. The molecule has 0 unspecified atom stereocenters. The number of carbonyl (C=O) groups excluding carboxylic acids is 3. The van der Waals surface area contributed by atoms with Crippen LogP contribution in [0.3, 0.4) is 0 Å². The van der Waals surface area contributed by atoms with E-state index in [-0.39, 0.29) is 30.6 Å². The number of benzene rings is 1. The zero-order chi connectivity index (χ0) is 18.2. The van der Waals surface area contributed by atoms with Crippen LogP contribution in [-0.2, 0) is 9.59 Å². The summed E-state index contributed by atoms with van der Waals surface area (Å²) in [6.07, 6.45) is 1.04. The second kappa shape index (κ2) is 9.13. The average molecular weight is 358 g/mol. The number of hydrogen-bond acceptors (Lipinski definition) is 4. The van der Waals surface area contributed by atoms with E-state index < -0.39 is 0 Å². The van der Waals surface area contributed by atoms with E-state index >= 15 is 0 Å². The van der Waals surface area contributed by atoms with Gasteiger partial charge in [0.25, 0.3) is 0 Å². The summed E-state index contributed by atoms with van der Waals surface area (Å²) in [6, 6.07) is 9.30. The molecule has 0 radical (unpaired) electrons. The Morgan fingerprint density at radius 1 is 1.00 bits per heavy atom. The van der Waals surface area contributed by atoms with E-state index in [2.05, 4.69) is 10.6 Å². The standard InChI is InChI=1S/C19H22N2O3S/c1-13-6-3-7-15(14(13)2)21-19(24)12-20-18(23)10-4-8-16(22)17-9-5-11-25-17/h3,5-7,9,11H,4,8,10,12H2,1-2H3,(H,20,23)(H,21,24). The fourth-order valence-electron chi connectivity index (χ4n) is 2.32. The molecule has 1 heterocycles. The van der Waals surface area contributed by atoms with Crippen LogP contribution in [0.5, 0.6) is 0 Å². The lowest BCUT2D eigenvalue weighted by atomic mass is 10.1. The summed E-state index contributed by atoms with van der Waals surface area (Å²) in [4.78, 5) is 36.3. The van der Waals surface area contributed by atoms with Crippen molar-refractivity contribution in [2.75, 3.05) is 11.9 Å². The molecule has 0 aliphatic carbocycles. The number of carbonyl (C=O) groups is 3. The third kappa shape index (κ3) is 5.83. The van der Waals surface area contributed by atoms with Gasteiger partial charge in [0.1, 0.15) is 0 Å². The van der Waals surface area contributed by atoms with Crippen molar-refractivity contribution in [2.24, 2.45) is 0 Å². The highest BCUT2D eigenvalue weighted by atomic mass is 32.1. The van der Waals surface area contributed by atoms with Crippen LogP contribution in [0.25, 0.3) is 0 Å². The number of rotatable bonds is 8. The summed E-state index contributed by atoms with van der Waals surface area (Å²) in [5.41, 5.74) is 2.85. The summed E-state index contributed by atoms with van der Waals surface area (Å²) >= 11 is 1.40. The van der Waals surface area contributed by atoms with Gasteiger partial charge >= 0.3 is 0 Å². The highest BCUT2D eigenvalue weighted by Crippen LogP contribution is 2.17. The predicted molar refractivity (Wildman–Crippen MR) is 100 cm³/mol. The van der Waals surface area contributed by atoms with Crippen molar-refractivity contribution >= 4 is 34.6 Å². The van der Waals surface area contributed by atoms with Crippen LogP contribution in [-0.4, -0.2) is 24.1 Å². The maximum absolute atomic E-state index is 11.9. The highest BCUT2D eigenvalue weighted by Gasteiger charge is 2.10. The fourth-order valence-corrected chi connectivity index (χ4v) is 3.01. The maximum Gasteiger partial charge on any atom is 0.243 e. The zero-order valence-electron chi connectivity index (χ0n) is 14.4. The second-order valence-corrected chi connectivity index (χ2v) is 6.77. The van der Waals surface area contributed by atoms with Crippen molar-refractivity contribution in [1.82, 2.24) is 5.32 Å². The van der Waals surface area contributed by atoms with Crippen LogP contribution >= 0.6 is 11.3 Å². The first-order valence-corrected chi connectivity index (χ1v) is 9.05. The van der Waals surface area contributed by atoms with E-state index in [4.69, 9.17) is 0 Å². The Morgan fingerprint density at radius 3 is 2.52 bits per heavy atom. The molecular formula is C19H22N2O3S. The van der Waals surface area contributed by atoms with Gasteiger partial charge in [-0.1, -0.05) is 18.2 Å². The minimum atomic E-state index is -0.267. The Bertz CT molecular complexity index is 754. The number of ketones is 1. The monoisotopic (exact) mass is 358 g/mol. The van der Waals surface area contributed by atoms with Crippen molar-refractivity contribution in [3.63, 3.8) is 0 Å². The van der Waals surface area contributed by atoms with Gasteiger partial charge in [0.05, 0.1) is 11.4 Å². The SMILES string of the molecule is Cc1cccc(NC(=O)CNC(=O)CCCC(=O)c2cccs2)c1C. The predicted octanol–water partition coefficient (Wildman–Crippen LogP) is 3.47. The summed E-state index contributed by atoms with van der Waals surface area (Å²) < 4.78 is 0. The Hall–Kier alpha value is -2.47. The van der Waals surface area contributed by atoms with Gasteiger partial charge in [0.2, 0.25) is 11.8 Å². The third-order valence-corrected chi connectivity index (χ3v) is 4.84. The van der Waals surface area contributed by atoms with Crippen LogP contribution in [0.1, 0.15) is 40.1 Å². The number of hydrogen-bond donors (Lipinski definition) is 2. The molecule has 5 nitrogen and oxygen atoms in total. The first kappa shape index (κ1) is 18.9. The number of anilines is 1. The van der Waals surface area contributed by atoms with E-state index in [0.29, 0.717) is 17.7 Å². The average Bonchev–Trinajstić information content (AvgIpc) is 3.12.